The van der Waals surface area contributed by atoms with Crippen molar-refractivity contribution in [1.82, 2.24) is 15.1 Å². The highest BCUT2D eigenvalue weighted by molar-refractivity contribution is 6.08. The molecule has 1 aliphatic rings. The van der Waals surface area contributed by atoms with Crippen molar-refractivity contribution >= 4 is 27.6 Å². The molecule has 5 rings (SSSR count). The number of fused-ring (bicyclic) bond motifs is 3. The molecule has 1 unspecified atom stereocenters. The number of carbonyl (C=O) groups excluding carboxylic acids is 1. The van der Waals surface area contributed by atoms with Gasteiger partial charge in [-0.1, -0.05) is 60.7 Å². The van der Waals surface area contributed by atoms with Gasteiger partial charge in [-0.05, 0) is 29.4 Å². The molecule has 1 amide bonds. The number of hydrogen-bond acceptors (Lipinski definition) is 4. The van der Waals surface area contributed by atoms with Crippen LogP contribution in [0.15, 0.2) is 77.4 Å². The molecule has 3 aromatic carbocycles. The second-order valence-electron chi connectivity index (χ2n) is 8.73. The van der Waals surface area contributed by atoms with Gasteiger partial charge in [-0.2, -0.15) is 0 Å². The van der Waals surface area contributed by atoms with Crippen LogP contribution in [-0.2, 0) is 11.2 Å². The Morgan fingerprint density at radius 1 is 0.969 bits per heavy atom. The van der Waals surface area contributed by atoms with E-state index >= 15 is 0 Å². The fourth-order valence-corrected chi connectivity index (χ4v) is 4.63. The molecule has 1 N–H and O–H groups in total. The van der Waals surface area contributed by atoms with Gasteiger partial charge in [0.15, 0.2) is 0 Å². The number of rotatable bonds is 6. The Balaban J connectivity index is 1.36. The number of hydrogen-bond donors (Lipinski definition) is 1. The molecule has 5 nitrogen and oxygen atoms in total. The lowest BCUT2D eigenvalue weighted by molar-refractivity contribution is -0.121. The van der Waals surface area contributed by atoms with Gasteiger partial charge in [0, 0.05) is 43.7 Å². The third-order valence-electron chi connectivity index (χ3n) is 6.46. The van der Waals surface area contributed by atoms with Gasteiger partial charge in [0.1, 0.15) is 5.58 Å². The molecule has 5 heteroatoms. The van der Waals surface area contributed by atoms with E-state index in [0.29, 0.717) is 6.42 Å². The zero-order valence-corrected chi connectivity index (χ0v) is 18.5. The van der Waals surface area contributed by atoms with Crippen molar-refractivity contribution in [2.24, 2.45) is 0 Å². The number of likely N-dealkylation sites (N-methyl/N-ethyl adjacent to an activating group) is 1. The molecule has 1 aliphatic heterocycles. The minimum Gasteiger partial charge on any atom is -0.464 e. The molecule has 4 aromatic rings. The van der Waals surface area contributed by atoms with Crippen LogP contribution >= 0.6 is 0 Å². The van der Waals surface area contributed by atoms with Crippen LogP contribution in [0.4, 0.5) is 0 Å². The van der Waals surface area contributed by atoms with E-state index in [0.717, 1.165) is 65.6 Å². The van der Waals surface area contributed by atoms with E-state index in [4.69, 9.17) is 4.42 Å². The summed E-state index contributed by atoms with van der Waals surface area (Å²) < 4.78 is 5.79. The van der Waals surface area contributed by atoms with Crippen molar-refractivity contribution in [2.45, 2.75) is 12.5 Å². The Kier molecular flexibility index (Phi) is 5.93. The first kappa shape index (κ1) is 20.7. The third kappa shape index (κ3) is 4.40. The van der Waals surface area contributed by atoms with Crippen LogP contribution in [0.25, 0.3) is 21.7 Å². The average molecular weight is 428 g/mol. The molecule has 1 aromatic heterocycles. The Morgan fingerprint density at radius 3 is 2.53 bits per heavy atom. The molecule has 1 atom stereocenters. The van der Waals surface area contributed by atoms with E-state index in [1.165, 1.54) is 0 Å². The summed E-state index contributed by atoms with van der Waals surface area (Å²) in [6.07, 6.45) is 2.03. The van der Waals surface area contributed by atoms with E-state index < -0.39 is 0 Å². The van der Waals surface area contributed by atoms with E-state index in [-0.39, 0.29) is 11.9 Å². The molecule has 164 valence electrons. The molecule has 0 saturated carbocycles. The van der Waals surface area contributed by atoms with Crippen molar-refractivity contribution in [3.05, 3.63) is 84.1 Å². The van der Waals surface area contributed by atoms with E-state index in [9.17, 15) is 4.79 Å². The number of piperazine rings is 1. The maximum absolute atomic E-state index is 13.2. The van der Waals surface area contributed by atoms with Crippen LogP contribution < -0.4 is 5.32 Å². The zero-order valence-electron chi connectivity index (χ0n) is 18.5. The topological polar surface area (TPSA) is 48.7 Å². The fourth-order valence-electron chi connectivity index (χ4n) is 4.63. The predicted molar refractivity (Wildman–Crippen MR) is 129 cm³/mol. The number of nitrogens with one attached hydrogen (secondary N) is 1. The lowest BCUT2D eigenvalue weighted by Gasteiger charge is -2.35. The number of furan rings is 1. The number of amides is 1. The quantitative estimate of drug-likeness (QED) is 0.500. The molecule has 0 radical (unpaired) electrons. The fraction of sp³-hybridized carbons (Fsp3) is 0.296. The monoisotopic (exact) mass is 427 g/mol. The summed E-state index contributed by atoms with van der Waals surface area (Å²) in [6.45, 7) is 4.98. The third-order valence-corrected chi connectivity index (χ3v) is 6.46. The summed E-state index contributed by atoms with van der Waals surface area (Å²) in [5.41, 5.74) is 2.89. The standard InChI is InChI=1S/C27H29N3O2/c1-29-13-15-30(16-14-29)18-24(21-8-3-2-4-9-21)28-26(31)17-22-19-32-25-12-11-20-7-5-6-10-23(20)27(22)25/h2-12,19,24H,13-18H2,1H3,(H,28,31). The van der Waals surface area contributed by atoms with E-state index in [1.807, 2.05) is 36.4 Å². The van der Waals surface area contributed by atoms with Crippen molar-refractivity contribution in [3.8, 4) is 0 Å². The molecule has 0 aliphatic carbocycles. The highest BCUT2D eigenvalue weighted by Crippen LogP contribution is 2.30. The highest BCUT2D eigenvalue weighted by Gasteiger charge is 2.22. The Morgan fingerprint density at radius 2 is 1.72 bits per heavy atom. The van der Waals surface area contributed by atoms with Crippen molar-refractivity contribution in [3.63, 3.8) is 0 Å². The van der Waals surface area contributed by atoms with Gasteiger partial charge in [0.05, 0.1) is 18.7 Å². The first-order valence-corrected chi connectivity index (χ1v) is 11.3. The summed E-state index contributed by atoms with van der Waals surface area (Å²) in [5.74, 6) is 0.0172. The molecule has 0 spiro atoms. The molecule has 1 saturated heterocycles. The Bertz CT molecular complexity index is 1210. The lowest BCUT2D eigenvalue weighted by Crippen LogP contribution is -2.48. The van der Waals surface area contributed by atoms with Crippen LogP contribution in [0, 0.1) is 0 Å². The zero-order chi connectivity index (χ0) is 21.9. The molecule has 2 heterocycles. The predicted octanol–water partition coefficient (Wildman–Crippen LogP) is 4.23. The van der Waals surface area contributed by atoms with Gasteiger partial charge in [0.2, 0.25) is 5.91 Å². The van der Waals surface area contributed by atoms with Gasteiger partial charge in [-0.15, -0.1) is 0 Å². The molecule has 32 heavy (non-hydrogen) atoms. The first-order chi connectivity index (χ1) is 15.7. The van der Waals surface area contributed by atoms with E-state index in [2.05, 4.69) is 52.5 Å². The summed E-state index contributed by atoms with van der Waals surface area (Å²) in [4.78, 5) is 18.0. The Labute approximate surface area is 188 Å². The first-order valence-electron chi connectivity index (χ1n) is 11.3. The van der Waals surface area contributed by atoms with Gasteiger partial charge >= 0.3 is 0 Å². The van der Waals surface area contributed by atoms with Crippen molar-refractivity contribution < 1.29 is 9.21 Å². The summed E-state index contributed by atoms with van der Waals surface area (Å²) in [6, 6.07) is 22.5. The van der Waals surface area contributed by atoms with Gasteiger partial charge < -0.3 is 14.6 Å². The molecular formula is C27H29N3O2. The normalized spacial score (nSPS) is 16.4. The lowest BCUT2D eigenvalue weighted by atomic mass is 10.0. The van der Waals surface area contributed by atoms with Gasteiger partial charge in [-0.25, -0.2) is 0 Å². The smallest absolute Gasteiger partial charge is 0.225 e. The molecule has 1 fully saturated rings. The summed E-state index contributed by atoms with van der Waals surface area (Å²) in [7, 11) is 2.16. The van der Waals surface area contributed by atoms with Crippen LogP contribution in [-0.4, -0.2) is 55.5 Å². The largest absolute Gasteiger partial charge is 0.464 e. The van der Waals surface area contributed by atoms with Crippen LogP contribution in [0.5, 0.6) is 0 Å². The number of nitrogens with zero attached hydrogens (tertiary/aromatic N) is 2. The highest BCUT2D eigenvalue weighted by atomic mass is 16.3. The number of benzene rings is 3. The van der Waals surface area contributed by atoms with Gasteiger partial charge in [0.25, 0.3) is 0 Å². The van der Waals surface area contributed by atoms with Gasteiger partial charge in [-0.3, -0.25) is 9.69 Å². The summed E-state index contributed by atoms with van der Waals surface area (Å²) in [5, 5.41) is 6.62. The number of carbonyl (C=O) groups is 1. The Hall–Kier alpha value is -3.15. The molecule has 0 bridgehead atoms. The van der Waals surface area contributed by atoms with Crippen molar-refractivity contribution in [1.29, 1.82) is 0 Å². The van der Waals surface area contributed by atoms with E-state index in [1.54, 1.807) is 6.26 Å². The molecular weight excluding hydrogens is 398 g/mol. The summed E-state index contributed by atoms with van der Waals surface area (Å²) >= 11 is 0. The minimum atomic E-state index is -0.0398. The maximum Gasteiger partial charge on any atom is 0.225 e. The minimum absolute atomic E-state index is 0.0172. The van der Waals surface area contributed by atoms with Crippen molar-refractivity contribution in [2.75, 3.05) is 39.8 Å². The second kappa shape index (κ2) is 9.15. The maximum atomic E-state index is 13.2. The van der Waals surface area contributed by atoms with Crippen LogP contribution in [0.2, 0.25) is 0 Å². The average Bonchev–Trinajstić information content (AvgIpc) is 3.24. The van der Waals surface area contributed by atoms with Crippen LogP contribution in [0.3, 0.4) is 0 Å². The SMILES string of the molecule is CN1CCN(CC(NC(=O)Cc2coc3ccc4ccccc4c23)c2ccccc2)CC1. The van der Waals surface area contributed by atoms with Crippen LogP contribution in [0.1, 0.15) is 17.2 Å². The second-order valence-corrected chi connectivity index (χ2v) is 8.73.